The SMILES string of the molecule is O=C(OCc1cn2ccccc2n1)c1ccc(NC(=O)c2cccs2)cc1. The van der Waals surface area contributed by atoms with Gasteiger partial charge in [0.05, 0.1) is 16.1 Å². The van der Waals surface area contributed by atoms with Crippen molar-refractivity contribution in [3.63, 3.8) is 0 Å². The second kappa shape index (κ2) is 7.43. The molecule has 27 heavy (non-hydrogen) atoms. The Hall–Kier alpha value is -3.45. The van der Waals surface area contributed by atoms with E-state index in [0.29, 0.717) is 21.8 Å². The summed E-state index contributed by atoms with van der Waals surface area (Å²) < 4.78 is 7.19. The molecular formula is C20H15N3O3S. The number of anilines is 1. The lowest BCUT2D eigenvalue weighted by molar-refractivity contribution is 0.0468. The van der Waals surface area contributed by atoms with Crippen LogP contribution < -0.4 is 5.32 Å². The number of hydrogen-bond donors (Lipinski definition) is 1. The van der Waals surface area contributed by atoms with Crippen LogP contribution in [0.3, 0.4) is 0 Å². The number of esters is 1. The zero-order valence-electron chi connectivity index (χ0n) is 14.2. The van der Waals surface area contributed by atoms with E-state index in [1.54, 1.807) is 30.3 Å². The van der Waals surface area contributed by atoms with Gasteiger partial charge < -0.3 is 14.5 Å². The first-order chi connectivity index (χ1) is 13.2. The van der Waals surface area contributed by atoms with Crippen molar-refractivity contribution in [2.24, 2.45) is 0 Å². The molecule has 0 saturated heterocycles. The summed E-state index contributed by atoms with van der Waals surface area (Å²) in [6.07, 6.45) is 3.71. The third-order valence-corrected chi connectivity index (χ3v) is 4.76. The van der Waals surface area contributed by atoms with E-state index in [1.807, 2.05) is 46.4 Å². The van der Waals surface area contributed by atoms with Gasteiger partial charge in [-0.1, -0.05) is 12.1 Å². The lowest BCUT2D eigenvalue weighted by Crippen LogP contribution is -2.10. The van der Waals surface area contributed by atoms with Crippen LogP contribution in [0.5, 0.6) is 0 Å². The Morgan fingerprint density at radius 1 is 1.07 bits per heavy atom. The third-order valence-electron chi connectivity index (χ3n) is 3.89. The Balaban J connectivity index is 1.36. The van der Waals surface area contributed by atoms with Crippen molar-refractivity contribution in [3.05, 3.63) is 88.5 Å². The quantitative estimate of drug-likeness (QED) is 0.534. The van der Waals surface area contributed by atoms with E-state index in [4.69, 9.17) is 4.74 Å². The Morgan fingerprint density at radius 2 is 1.93 bits per heavy atom. The molecule has 7 heteroatoms. The van der Waals surface area contributed by atoms with E-state index in [-0.39, 0.29) is 12.5 Å². The highest BCUT2D eigenvalue weighted by Crippen LogP contribution is 2.15. The van der Waals surface area contributed by atoms with E-state index >= 15 is 0 Å². The second-order valence-electron chi connectivity index (χ2n) is 5.78. The Labute approximate surface area is 159 Å². The zero-order valence-corrected chi connectivity index (χ0v) is 15.0. The number of carbonyl (C=O) groups excluding carboxylic acids is 2. The van der Waals surface area contributed by atoms with E-state index < -0.39 is 5.97 Å². The fourth-order valence-corrected chi connectivity index (χ4v) is 3.19. The van der Waals surface area contributed by atoms with Gasteiger partial charge in [-0.15, -0.1) is 11.3 Å². The van der Waals surface area contributed by atoms with Gasteiger partial charge in [-0.25, -0.2) is 9.78 Å². The van der Waals surface area contributed by atoms with E-state index in [2.05, 4.69) is 10.3 Å². The summed E-state index contributed by atoms with van der Waals surface area (Å²) in [5.74, 6) is -0.615. The number of ether oxygens (including phenoxy) is 1. The number of carbonyl (C=O) groups is 2. The molecule has 0 radical (unpaired) electrons. The molecule has 4 rings (SSSR count). The number of amides is 1. The molecule has 0 aliphatic rings. The van der Waals surface area contributed by atoms with Crippen molar-refractivity contribution in [1.82, 2.24) is 9.38 Å². The molecule has 0 saturated carbocycles. The number of pyridine rings is 1. The van der Waals surface area contributed by atoms with Gasteiger partial charge in [0.1, 0.15) is 12.3 Å². The smallest absolute Gasteiger partial charge is 0.338 e. The first kappa shape index (κ1) is 17.0. The fourth-order valence-electron chi connectivity index (χ4n) is 2.57. The standard InChI is InChI=1S/C20H15N3O3S/c24-19(17-4-3-11-27-17)22-15-8-6-14(7-9-15)20(25)26-13-16-12-23-10-2-1-5-18(23)21-16/h1-12H,13H2,(H,22,24). The second-order valence-corrected chi connectivity index (χ2v) is 6.73. The molecule has 0 unspecified atom stereocenters. The summed E-state index contributed by atoms with van der Waals surface area (Å²) in [5, 5.41) is 4.63. The van der Waals surface area contributed by atoms with Crippen LogP contribution in [0, 0.1) is 0 Å². The van der Waals surface area contributed by atoms with Gasteiger partial charge in [0.25, 0.3) is 5.91 Å². The van der Waals surface area contributed by atoms with Crippen molar-refractivity contribution in [2.75, 3.05) is 5.32 Å². The van der Waals surface area contributed by atoms with Crippen LogP contribution in [0.2, 0.25) is 0 Å². The molecular weight excluding hydrogens is 362 g/mol. The molecule has 3 aromatic heterocycles. The van der Waals surface area contributed by atoms with Crippen molar-refractivity contribution >= 4 is 34.5 Å². The average Bonchev–Trinajstić information content (AvgIpc) is 3.36. The number of nitrogens with one attached hydrogen (secondary N) is 1. The van der Waals surface area contributed by atoms with Gasteiger partial charge in [0.2, 0.25) is 0 Å². The molecule has 1 aromatic carbocycles. The molecule has 6 nitrogen and oxygen atoms in total. The summed E-state index contributed by atoms with van der Waals surface area (Å²) in [6.45, 7) is 0.0946. The lowest BCUT2D eigenvalue weighted by Gasteiger charge is -2.06. The van der Waals surface area contributed by atoms with Crippen LogP contribution in [0.1, 0.15) is 25.7 Å². The van der Waals surface area contributed by atoms with E-state index in [0.717, 1.165) is 5.65 Å². The van der Waals surface area contributed by atoms with Crippen LogP contribution in [0.4, 0.5) is 5.69 Å². The van der Waals surface area contributed by atoms with Gasteiger partial charge in [-0.05, 0) is 47.8 Å². The predicted octanol–water partition coefficient (Wildman–Crippen LogP) is 4.01. The van der Waals surface area contributed by atoms with Gasteiger partial charge >= 0.3 is 5.97 Å². The van der Waals surface area contributed by atoms with Crippen molar-refractivity contribution < 1.29 is 14.3 Å². The van der Waals surface area contributed by atoms with Gasteiger partial charge in [0, 0.05) is 18.1 Å². The van der Waals surface area contributed by atoms with E-state index in [9.17, 15) is 9.59 Å². The van der Waals surface area contributed by atoms with Crippen molar-refractivity contribution in [1.29, 1.82) is 0 Å². The topological polar surface area (TPSA) is 72.7 Å². The maximum absolute atomic E-state index is 12.2. The number of thiophene rings is 1. The minimum Gasteiger partial charge on any atom is -0.456 e. The molecule has 0 fully saturated rings. The number of imidazole rings is 1. The summed E-state index contributed by atoms with van der Waals surface area (Å²) >= 11 is 1.37. The third kappa shape index (κ3) is 3.88. The number of benzene rings is 1. The number of fused-ring (bicyclic) bond motifs is 1. The minimum absolute atomic E-state index is 0.0946. The van der Waals surface area contributed by atoms with Gasteiger partial charge in [-0.3, -0.25) is 4.79 Å². The minimum atomic E-state index is -0.441. The summed E-state index contributed by atoms with van der Waals surface area (Å²) in [5.41, 5.74) is 2.50. The summed E-state index contributed by atoms with van der Waals surface area (Å²) in [4.78, 5) is 29.3. The van der Waals surface area contributed by atoms with Crippen molar-refractivity contribution in [2.45, 2.75) is 6.61 Å². The summed E-state index contributed by atoms with van der Waals surface area (Å²) in [6, 6.07) is 15.9. The van der Waals surface area contributed by atoms with Crippen LogP contribution in [-0.2, 0) is 11.3 Å². The Morgan fingerprint density at radius 3 is 2.67 bits per heavy atom. The molecule has 0 spiro atoms. The molecule has 1 amide bonds. The number of aromatic nitrogens is 2. The molecule has 3 heterocycles. The number of hydrogen-bond acceptors (Lipinski definition) is 5. The highest BCUT2D eigenvalue weighted by atomic mass is 32.1. The van der Waals surface area contributed by atoms with Crippen LogP contribution in [0.15, 0.2) is 72.4 Å². The maximum atomic E-state index is 12.2. The highest BCUT2D eigenvalue weighted by molar-refractivity contribution is 7.12. The average molecular weight is 377 g/mol. The summed E-state index contributed by atoms with van der Waals surface area (Å²) in [7, 11) is 0. The first-order valence-electron chi connectivity index (χ1n) is 8.24. The normalized spacial score (nSPS) is 10.7. The Bertz CT molecular complexity index is 1050. The molecule has 0 aliphatic carbocycles. The molecule has 0 atom stereocenters. The Kier molecular flexibility index (Phi) is 4.67. The molecule has 1 N–H and O–H groups in total. The number of rotatable bonds is 5. The first-order valence-corrected chi connectivity index (χ1v) is 9.12. The van der Waals surface area contributed by atoms with Gasteiger partial charge in [-0.2, -0.15) is 0 Å². The van der Waals surface area contributed by atoms with E-state index in [1.165, 1.54) is 11.3 Å². The monoisotopic (exact) mass is 377 g/mol. The predicted molar refractivity (Wildman–Crippen MR) is 103 cm³/mol. The van der Waals surface area contributed by atoms with Crippen molar-refractivity contribution in [3.8, 4) is 0 Å². The zero-order chi connectivity index (χ0) is 18.6. The fraction of sp³-hybridized carbons (Fsp3) is 0.0500. The van der Waals surface area contributed by atoms with Crippen LogP contribution in [-0.4, -0.2) is 21.3 Å². The number of nitrogens with zero attached hydrogens (tertiary/aromatic N) is 2. The largest absolute Gasteiger partial charge is 0.456 e. The van der Waals surface area contributed by atoms with Crippen LogP contribution >= 0.6 is 11.3 Å². The molecule has 0 aliphatic heterocycles. The van der Waals surface area contributed by atoms with Crippen LogP contribution in [0.25, 0.3) is 5.65 Å². The molecule has 134 valence electrons. The maximum Gasteiger partial charge on any atom is 0.338 e. The lowest BCUT2D eigenvalue weighted by atomic mass is 10.2. The molecule has 0 bridgehead atoms. The molecule has 4 aromatic rings. The van der Waals surface area contributed by atoms with Gasteiger partial charge in [0.15, 0.2) is 0 Å². The highest BCUT2D eigenvalue weighted by Gasteiger charge is 2.11.